The Morgan fingerprint density at radius 3 is 2.20 bits per heavy atom. The van der Waals surface area contributed by atoms with Crippen molar-refractivity contribution >= 4 is 15.9 Å². The topological polar surface area (TPSA) is 94.2 Å². The minimum Gasteiger partial charge on any atom is -0.495 e. The summed E-state index contributed by atoms with van der Waals surface area (Å²) < 4.78 is 43.1. The van der Waals surface area contributed by atoms with E-state index < -0.39 is 10.0 Å². The monoisotopic (exact) mass is 434 g/mol. The van der Waals surface area contributed by atoms with Crippen LogP contribution in [0.5, 0.6) is 17.2 Å². The first-order valence-corrected chi connectivity index (χ1v) is 11.0. The maximum absolute atomic E-state index is 13.0. The predicted molar refractivity (Wildman–Crippen MR) is 112 cm³/mol. The summed E-state index contributed by atoms with van der Waals surface area (Å²) in [5.74, 6) is 0.996. The Balaban J connectivity index is 1.80. The van der Waals surface area contributed by atoms with Gasteiger partial charge in [0.2, 0.25) is 10.0 Å². The molecule has 2 aromatic rings. The van der Waals surface area contributed by atoms with Crippen LogP contribution in [-0.2, 0) is 16.6 Å². The van der Waals surface area contributed by atoms with Crippen molar-refractivity contribution < 1.29 is 27.4 Å². The van der Waals surface area contributed by atoms with Gasteiger partial charge in [-0.1, -0.05) is 6.07 Å². The van der Waals surface area contributed by atoms with Gasteiger partial charge in [0.1, 0.15) is 10.6 Å². The van der Waals surface area contributed by atoms with Gasteiger partial charge in [-0.3, -0.25) is 4.79 Å². The van der Waals surface area contributed by atoms with Gasteiger partial charge in [0.15, 0.2) is 11.5 Å². The molecular weight excluding hydrogens is 408 g/mol. The summed E-state index contributed by atoms with van der Waals surface area (Å²) in [7, 11) is 0.782. The number of methoxy groups -OCH3 is 3. The highest BCUT2D eigenvalue weighted by atomic mass is 32.2. The number of hydrogen-bond donors (Lipinski definition) is 1. The van der Waals surface area contributed by atoms with Gasteiger partial charge < -0.3 is 19.5 Å². The average molecular weight is 435 g/mol. The molecule has 0 radical (unpaired) electrons. The van der Waals surface area contributed by atoms with Crippen molar-refractivity contribution in [3.63, 3.8) is 0 Å². The third kappa shape index (κ3) is 4.52. The molecule has 1 N–H and O–H groups in total. The summed E-state index contributed by atoms with van der Waals surface area (Å²) in [6, 6.07) is 9.78. The van der Waals surface area contributed by atoms with E-state index in [9.17, 15) is 13.2 Å². The number of ether oxygens (including phenoxy) is 3. The van der Waals surface area contributed by atoms with Gasteiger partial charge in [-0.05, 0) is 48.7 Å². The second-order valence-electron chi connectivity index (χ2n) is 6.85. The van der Waals surface area contributed by atoms with Crippen molar-refractivity contribution in [1.29, 1.82) is 0 Å². The number of amides is 1. The molecule has 1 heterocycles. The van der Waals surface area contributed by atoms with E-state index in [-0.39, 0.29) is 28.7 Å². The van der Waals surface area contributed by atoms with Crippen LogP contribution < -0.4 is 19.5 Å². The van der Waals surface area contributed by atoms with E-state index in [0.29, 0.717) is 24.6 Å². The van der Waals surface area contributed by atoms with Gasteiger partial charge in [0.05, 0.1) is 21.3 Å². The summed E-state index contributed by atoms with van der Waals surface area (Å²) in [6.45, 7) is 1.20. The average Bonchev–Trinajstić information content (AvgIpc) is 3.32. The first-order valence-electron chi connectivity index (χ1n) is 9.58. The molecule has 162 valence electrons. The number of nitrogens with one attached hydrogen (secondary N) is 1. The van der Waals surface area contributed by atoms with E-state index in [1.54, 1.807) is 32.4 Å². The van der Waals surface area contributed by atoms with Crippen LogP contribution in [0.2, 0.25) is 0 Å². The van der Waals surface area contributed by atoms with E-state index in [1.165, 1.54) is 23.5 Å². The molecule has 0 bridgehead atoms. The molecule has 2 aromatic carbocycles. The highest BCUT2D eigenvalue weighted by Gasteiger charge is 2.30. The van der Waals surface area contributed by atoms with E-state index in [1.807, 2.05) is 6.07 Å². The Labute approximate surface area is 176 Å². The fraction of sp³-hybridized carbons (Fsp3) is 0.381. The van der Waals surface area contributed by atoms with Crippen molar-refractivity contribution in [3.05, 3.63) is 47.5 Å². The molecule has 0 atom stereocenters. The molecule has 3 rings (SSSR count). The Morgan fingerprint density at radius 2 is 1.57 bits per heavy atom. The summed E-state index contributed by atoms with van der Waals surface area (Å²) in [5, 5.41) is 2.81. The lowest BCUT2D eigenvalue weighted by Gasteiger charge is -2.18. The maximum atomic E-state index is 13.0. The lowest BCUT2D eigenvalue weighted by Crippen LogP contribution is -2.29. The SMILES string of the molecule is COc1ccc(CNC(=O)c2ccc(OC)c(S(=O)(=O)N3CCCC3)c2)cc1OC. The zero-order valence-corrected chi connectivity index (χ0v) is 18.1. The first kappa shape index (κ1) is 21.9. The third-order valence-corrected chi connectivity index (χ3v) is 6.93. The fourth-order valence-corrected chi connectivity index (χ4v) is 5.06. The molecular formula is C21H26N2O6S. The number of rotatable bonds is 8. The van der Waals surface area contributed by atoms with Gasteiger partial charge in [-0.25, -0.2) is 8.42 Å². The Kier molecular flexibility index (Phi) is 6.84. The lowest BCUT2D eigenvalue weighted by molar-refractivity contribution is 0.0950. The van der Waals surface area contributed by atoms with Crippen molar-refractivity contribution in [2.24, 2.45) is 0 Å². The number of benzene rings is 2. The van der Waals surface area contributed by atoms with Crippen molar-refractivity contribution in [2.45, 2.75) is 24.3 Å². The van der Waals surface area contributed by atoms with Crippen molar-refractivity contribution in [2.75, 3.05) is 34.4 Å². The van der Waals surface area contributed by atoms with Gasteiger partial charge in [0, 0.05) is 25.2 Å². The fourth-order valence-electron chi connectivity index (χ4n) is 3.36. The molecule has 1 fully saturated rings. The summed E-state index contributed by atoms with van der Waals surface area (Å²) in [4.78, 5) is 12.7. The van der Waals surface area contributed by atoms with E-state index in [4.69, 9.17) is 14.2 Å². The Bertz CT molecular complexity index is 1020. The molecule has 9 heteroatoms. The van der Waals surface area contributed by atoms with Crippen LogP contribution in [0.15, 0.2) is 41.3 Å². The number of nitrogens with zero attached hydrogens (tertiary/aromatic N) is 1. The zero-order valence-electron chi connectivity index (χ0n) is 17.3. The van der Waals surface area contributed by atoms with E-state index in [2.05, 4.69) is 5.32 Å². The minimum atomic E-state index is -3.72. The summed E-state index contributed by atoms with van der Waals surface area (Å²) in [5.41, 5.74) is 1.06. The lowest BCUT2D eigenvalue weighted by atomic mass is 10.1. The first-order chi connectivity index (χ1) is 14.4. The van der Waals surface area contributed by atoms with Crippen molar-refractivity contribution in [1.82, 2.24) is 9.62 Å². The van der Waals surface area contributed by atoms with Crippen LogP contribution in [0, 0.1) is 0 Å². The molecule has 0 aliphatic carbocycles. The van der Waals surface area contributed by atoms with Gasteiger partial charge >= 0.3 is 0 Å². The summed E-state index contributed by atoms with van der Waals surface area (Å²) in [6.07, 6.45) is 1.65. The molecule has 8 nitrogen and oxygen atoms in total. The third-order valence-electron chi connectivity index (χ3n) is 5.01. The minimum absolute atomic E-state index is 0.00525. The predicted octanol–water partition coefficient (Wildman–Crippen LogP) is 2.43. The molecule has 0 saturated carbocycles. The largest absolute Gasteiger partial charge is 0.495 e. The van der Waals surface area contributed by atoms with Crippen LogP contribution in [0.1, 0.15) is 28.8 Å². The molecule has 1 amide bonds. The van der Waals surface area contributed by atoms with Crippen LogP contribution >= 0.6 is 0 Å². The van der Waals surface area contributed by atoms with Crippen LogP contribution in [0.4, 0.5) is 0 Å². The summed E-state index contributed by atoms with van der Waals surface area (Å²) >= 11 is 0. The number of carbonyl (C=O) groups is 1. The number of carbonyl (C=O) groups excluding carboxylic acids is 1. The molecule has 0 aromatic heterocycles. The molecule has 0 spiro atoms. The van der Waals surface area contributed by atoms with Crippen LogP contribution in [0.3, 0.4) is 0 Å². The van der Waals surface area contributed by atoms with Gasteiger partial charge in [-0.15, -0.1) is 0 Å². The number of sulfonamides is 1. The molecule has 30 heavy (non-hydrogen) atoms. The molecule has 1 saturated heterocycles. The highest BCUT2D eigenvalue weighted by molar-refractivity contribution is 7.89. The maximum Gasteiger partial charge on any atom is 0.251 e. The van der Waals surface area contributed by atoms with Gasteiger partial charge in [0.25, 0.3) is 5.91 Å². The normalized spacial score (nSPS) is 14.4. The second-order valence-corrected chi connectivity index (χ2v) is 8.76. The highest BCUT2D eigenvalue weighted by Crippen LogP contribution is 2.30. The number of hydrogen-bond acceptors (Lipinski definition) is 6. The van der Waals surface area contributed by atoms with Crippen LogP contribution in [0.25, 0.3) is 0 Å². The molecule has 1 aliphatic rings. The molecule has 0 unspecified atom stereocenters. The van der Waals surface area contributed by atoms with Crippen LogP contribution in [-0.4, -0.2) is 53.0 Å². The van der Waals surface area contributed by atoms with Crippen molar-refractivity contribution in [3.8, 4) is 17.2 Å². The smallest absolute Gasteiger partial charge is 0.251 e. The standard InChI is InChI=1S/C21H26N2O6S/c1-27-17-8-6-15(12-19(17)29-3)14-22-21(24)16-7-9-18(28-2)20(13-16)30(25,26)23-10-4-5-11-23/h6-9,12-13H,4-5,10-11,14H2,1-3H3,(H,22,24). The zero-order chi connectivity index (χ0) is 21.7. The second kappa shape index (κ2) is 9.36. The quantitative estimate of drug-likeness (QED) is 0.686. The van der Waals surface area contributed by atoms with Gasteiger partial charge in [-0.2, -0.15) is 4.31 Å². The van der Waals surface area contributed by atoms with E-state index in [0.717, 1.165) is 18.4 Å². The Morgan fingerprint density at radius 1 is 0.933 bits per heavy atom. The Hall–Kier alpha value is -2.78. The molecule has 1 aliphatic heterocycles. The van der Waals surface area contributed by atoms with E-state index >= 15 is 0 Å².